The number of nitrogens with two attached hydrogens (primary N) is 1. The number of aromatic nitrogens is 1. The monoisotopic (exact) mass is 371 g/mol. The number of nitrogens with zero attached hydrogens (tertiary/aromatic N) is 1. The first-order valence-electron chi connectivity index (χ1n) is 7.40. The van der Waals surface area contributed by atoms with E-state index in [1.54, 1.807) is 11.0 Å². The molecule has 1 aliphatic rings. The van der Waals surface area contributed by atoms with Crippen LogP contribution >= 0.6 is 15.9 Å². The lowest BCUT2D eigenvalue weighted by Crippen LogP contribution is -2.23. The Kier molecular flexibility index (Phi) is 3.16. The molecule has 0 radical (unpaired) electrons. The van der Waals surface area contributed by atoms with Crippen molar-refractivity contribution in [2.75, 3.05) is 11.4 Å². The summed E-state index contributed by atoms with van der Waals surface area (Å²) in [6, 6.07) is 9.41. The van der Waals surface area contributed by atoms with E-state index in [9.17, 15) is 9.59 Å². The van der Waals surface area contributed by atoms with Gasteiger partial charge in [-0.25, -0.2) is 0 Å². The van der Waals surface area contributed by atoms with E-state index >= 15 is 0 Å². The van der Waals surface area contributed by atoms with Crippen LogP contribution in [-0.2, 0) is 4.79 Å². The maximum atomic E-state index is 11.9. The second-order valence-electron chi connectivity index (χ2n) is 5.71. The third-order valence-electron chi connectivity index (χ3n) is 4.34. The molecular weight excluding hydrogens is 358 g/mol. The first-order chi connectivity index (χ1) is 11.1. The molecule has 6 heteroatoms. The van der Waals surface area contributed by atoms with Crippen molar-refractivity contribution in [3.8, 4) is 0 Å². The predicted octanol–water partition coefficient (Wildman–Crippen LogP) is 3.31. The Morgan fingerprint density at radius 3 is 2.78 bits per heavy atom. The molecule has 0 bridgehead atoms. The minimum atomic E-state index is -0.469. The van der Waals surface area contributed by atoms with Crippen LogP contribution in [0, 0.1) is 0 Å². The van der Waals surface area contributed by atoms with Gasteiger partial charge in [0.15, 0.2) is 0 Å². The minimum absolute atomic E-state index is 0.152. The second kappa shape index (κ2) is 5.09. The zero-order valence-corrected chi connectivity index (χ0v) is 13.8. The van der Waals surface area contributed by atoms with Crippen LogP contribution in [-0.4, -0.2) is 23.3 Å². The SMILES string of the molecule is NC(=O)c1ccc(Br)c2c1[nH]c1cc(N3CCCC3=O)ccc12. The van der Waals surface area contributed by atoms with E-state index in [0.29, 0.717) is 17.5 Å². The van der Waals surface area contributed by atoms with Crippen LogP contribution in [0.4, 0.5) is 5.69 Å². The number of carbonyl (C=O) groups is 2. The molecule has 3 aromatic rings. The van der Waals surface area contributed by atoms with E-state index in [2.05, 4.69) is 20.9 Å². The Labute approximate surface area is 140 Å². The smallest absolute Gasteiger partial charge is 0.250 e. The average Bonchev–Trinajstić information content (AvgIpc) is 3.10. The summed E-state index contributed by atoms with van der Waals surface area (Å²) < 4.78 is 0.897. The van der Waals surface area contributed by atoms with Crippen LogP contribution < -0.4 is 10.6 Å². The number of fused-ring (bicyclic) bond motifs is 3. The van der Waals surface area contributed by atoms with Gasteiger partial charge in [0.1, 0.15) is 0 Å². The van der Waals surface area contributed by atoms with E-state index < -0.39 is 5.91 Å². The molecule has 1 aliphatic heterocycles. The number of hydrogen-bond acceptors (Lipinski definition) is 2. The summed E-state index contributed by atoms with van der Waals surface area (Å²) in [5, 5.41) is 1.92. The van der Waals surface area contributed by atoms with E-state index in [1.165, 1.54) is 0 Å². The summed E-state index contributed by atoms with van der Waals surface area (Å²) in [6.07, 6.45) is 1.49. The number of aromatic amines is 1. The molecule has 0 spiro atoms. The van der Waals surface area contributed by atoms with Crippen LogP contribution in [0.25, 0.3) is 21.8 Å². The minimum Gasteiger partial charge on any atom is -0.366 e. The zero-order chi connectivity index (χ0) is 16.1. The number of benzene rings is 2. The molecule has 3 N–H and O–H groups in total. The van der Waals surface area contributed by atoms with Gasteiger partial charge in [0, 0.05) is 39.4 Å². The standard InChI is InChI=1S/C17H14BrN3O2/c18-12-6-5-11(17(19)23)16-15(12)10-4-3-9(8-13(10)20-16)21-7-1-2-14(21)22/h3-6,8,20H,1-2,7H2,(H2,19,23). The topological polar surface area (TPSA) is 79.2 Å². The molecule has 5 nitrogen and oxygen atoms in total. The Bertz CT molecular complexity index is 977. The fourth-order valence-electron chi connectivity index (χ4n) is 3.25. The van der Waals surface area contributed by atoms with Crippen LogP contribution in [0.1, 0.15) is 23.2 Å². The van der Waals surface area contributed by atoms with Gasteiger partial charge < -0.3 is 15.6 Å². The second-order valence-corrected chi connectivity index (χ2v) is 6.57. The number of halogens is 1. The molecule has 4 rings (SSSR count). The summed E-state index contributed by atoms with van der Waals surface area (Å²) in [7, 11) is 0. The summed E-state index contributed by atoms with van der Waals surface area (Å²) in [4.78, 5) is 28.7. The van der Waals surface area contributed by atoms with Crippen molar-refractivity contribution in [3.63, 3.8) is 0 Å². The molecule has 2 aromatic carbocycles. The van der Waals surface area contributed by atoms with Crippen molar-refractivity contribution in [3.05, 3.63) is 40.4 Å². The van der Waals surface area contributed by atoms with Crippen molar-refractivity contribution in [1.82, 2.24) is 4.98 Å². The molecule has 116 valence electrons. The van der Waals surface area contributed by atoms with Crippen molar-refractivity contribution in [2.24, 2.45) is 5.73 Å². The number of anilines is 1. The molecule has 0 atom stereocenters. The van der Waals surface area contributed by atoms with Gasteiger partial charge in [0.05, 0.1) is 11.1 Å². The molecule has 1 fully saturated rings. The average molecular weight is 372 g/mol. The van der Waals surface area contributed by atoms with E-state index in [1.807, 2.05) is 24.3 Å². The Hall–Kier alpha value is -2.34. The number of hydrogen-bond donors (Lipinski definition) is 2. The quantitative estimate of drug-likeness (QED) is 0.724. The van der Waals surface area contributed by atoms with E-state index in [-0.39, 0.29) is 5.91 Å². The van der Waals surface area contributed by atoms with Gasteiger partial charge in [-0.2, -0.15) is 0 Å². The van der Waals surface area contributed by atoms with Crippen molar-refractivity contribution in [2.45, 2.75) is 12.8 Å². The highest BCUT2D eigenvalue weighted by Gasteiger charge is 2.22. The molecule has 2 heterocycles. The van der Waals surface area contributed by atoms with Gasteiger partial charge >= 0.3 is 0 Å². The molecule has 0 saturated carbocycles. The number of H-pyrrole nitrogens is 1. The number of carbonyl (C=O) groups excluding carboxylic acids is 2. The number of amides is 2. The van der Waals surface area contributed by atoms with Crippen LogP contribution in [0.15, 0.2) is 34.8 Å². The molecule has 1 aromatic heterocycles. The lowest BCUT2D eigenvalue weighted by Gasteiger charge is -2.15. The first-order valence-corrected chi connectivity index (χ1v) is 8.19. The molecular formula is C17H14BrN3O2. The Morgan fingerprint density at radius 2 is 2.09 bits per heavy atom. The molecule has 2 amide bonds. The lowest BCUT2D eigenvalue weighted by molar-refractivity contribution is -0.117. The van der Waals surface area contributed by atoms with Crippen LogP contribution in [0.2, 0.25) is 0 Å². The van der Waals surface area contributed by atoms with Gasteiger partial charge in [0.2, 0.25) is 5.91 Å². The first kappa shape index (κ1) is 14.3. The third kappa shape index (κ3) is 2.13. The maximum Gasteiger partial charge on any atom is 0.250 e. The number of rotatable bonds is 2. The third-order valence-corrected chi connectivity index (χ3v) is 5.00. The Morgan fingerprint density at radius 1 is 1.26 bits per heavy atom. The predicted molar refractivity (Wildman–Crippen MR) is 93.6 cm³/mol. The zero-order valence-electron chi connectivity index (χ0n) is 12.2. The maximum absolute atomic E-state index is 11.9. The fraction of sp³-hybridized carbons (Fsp3) is 0.176. The largest absolute Gasteiger partial charge is 0.366 e. The molecule has 23 heavy (non-hydrogen) atoms. The molecule has 0 unspecified atom stereocenters. The lowest BCUT2D eigenvalue weighted by atomic mass is 10.1. The fourth-order valence-corrected chi connectivity index (χ4v) is 3.80. The van der Waals surface area contributed by atoms with Crippen molar-refractivity contribution >= 4 is 55.2 Å². The van der Waals surface area contributed by atoms with Gasteiger partial charge in [-0.05, 0) is 30.7 Å². The van der Waals surface area contributed by atoms with Crippen molar-refractivity contribution in [1.29, 1.82) is 0 Å². The van der Waals surface area contributed by atoms with Gasteiger partial charge in [-0.1, -0.05) is 22.0 Å². The summed E-state index contributed by atoms with van der Waals surface area (Å²) in [5.74, 6) is -0.316. The van der Waals surface area contributed by atoms with Crippen molar-refractivity contribution < 1.29 is 9.59 Å². The Balaban J connectivity index is 1.98. The van der Waals surface area contributed by atoms with Gasteiger partial charge in [0.25, 0.3) is 5.91 Å². The van der Waals surface area contributed by atoms with Crippen LogP contribution in [0.5, 0.6) is 0 Å². The highest BCUT2D eigenvalue weighted by atomic mass is 79.9. The number of nitrogens with one attached hydrogen (secondary N) is 1. The number of primary amides is 1. The summed E-state index contributed by atoms with van der Waals surface area (Å²) in [6.45, 7) is 0.751. The highest BCUT2D eigenvalue weighted by Crippen LogP contribution is 2.35. The van der Waals surface area contributed by atoms with E-state index in [4.69, 9.17) is 5.73 Å². The normalized spacial score (nSPS) is 15.0. The highest BCUT2D eigenvalue weighted by molar-refractivity contribution is 9.10. The van der Waals surface area contributed by atoms with Crippen LogP contribution in [0.3, 0.4) is 0 Å². The summed E-state index contributed by atoms with van der Waals surface area (Å²) in [5.41, 5.74) is 8.40. The van der Waals surface area contributed by atoms with E-state index in [0.717, 1.165) is 39.4 Å². The molecule has 0 aliphatic carbocycles. The molecule has 1 saturated heterocycles. The van der Waals surface area contributed by atoms with Gasteiger partial charge in [-0.15, -0.1) is 0 Å². The summed E-state index contributed by atoms with van der Waals surface area (Å²) >= 11 is 3.54. The van der Waals surface area contributed by atoms with Gasteiger partial charge in [-0.3, -0.25) is 9.59 Å².